The van der Waals surface area contributed by atoms with Crippen LogP contribution in [0.2, 0.25) is 0 Å². The number of nitrogens with one attached hydrogen (secondary N) is 2. The predicted molar refractivity (Wildman–Crippen MR) is 111 cm³/mol. The van der Waals surface area contributed by atoms with E-state index in [0.29, 0.717) is 5.92 Å². The molecule has 0 spiro atoms. The maximum absolute atomic E-state index is 4.62. The van der Waals surface area contributed by atoms with E-state index in [1.165, 1.54) is 63.1 Å². The molecule has 2 aliphatic heterocycles. The number of benzene rings is 1. The summed E-state index contributed by atoms with van der Waals surface area (Å²) in [6.45, 7) is 9.13. The molecule has 6 nitrogen and oxygen atoms in total. The molecular weight excluding hydrogens is 336 g/mol. The smallest absolute Gasteiger partial charge is 0.116 e. The number of nitrogens with zero attached hydrogens (tertiary/aromatic N) is 4. The second kappa shape index (κ2) is 8.95. The summed E-state index contributed by atoms with van der Waals surface area (Å²) in [5.74, 6) is 0.555. The van der Waals surface area contributed by atoms with Crippen molar-refractivity contribution in [2.24, 2.45) is 0 Å². The maximum Gasteiger partial charge on any atom is 0.116 e. The van der Waals surface area contributed by atoms with Crippen molar-refractivity contribution >= 4 is 16.6 Å². The third-order valence-corrected chi connectivity index (χ3v) is 5.97. The van der Waals surface area contributed by atoms with Gasteiger partial charge < -0.3 is 20.4 Å². The van der Waals surface area contributed by atoms with Crippen molar-refractivity contribution in [1.82, 2.24) is 25.1 Å². The van der Waals surface area contributed by atoms with Gasteiger partial charge in [-0.25, -0.2) is 9.97 Å². The fourth-order valence-corrected chi connectivity index (χ4v) is 4.22. The number of rotatable bonds is 6. The molecule has 2 N–H and O–H groups in total. The monoisotopic (exact) mass is 368 g/mol. The Kier molecular flexibility index (Phi) is 6.17. The van der Waals surface area contributed by atoms with Crippen molar-refractivity contribution in [2.75, 3.05) is 64.7 Å². The first-order valence-electron chi connectivity index (χ1n) is 10.4. The zero-order valence-electron chi connectivity index (χ0n) is 16.5. The van der Waals surface area contributed by atoms with Gasteiger partial charge in [0.1, 0.15) is 6.33 Å². The van der Waals surface area contributed by atoms with E-state index in [-0.39, 0.29) is 0 Å². The van der Waals surface area contributed by atoms with Gasteiger partial charge in [-0.15, -0.1) is 0 Å². The quantitative estimate of drug-likeness (QED) is 0.762. The molecule has 0 amide bonds. The van der Waals surface area contributed by atoms with Gasteiger partial charge in [-0.2, -0.15) is 0 Å². The molecule has 4 rings (SSSR count). The summed E-state index contributed by atoms with van der Waals surface area (Å²) in [4.78, 5) is 14.1. The molecule has 2 aromatic rings. The summed E-state index contributed by atoms with van der Waals surface area (Å²) in [5.41, 5.74) is 3.45. The van der Waals surface area contributed by atoms with E-state index in [9.17, 15) is 0 Å². The molecule has 3 heterocycles. The van der Waals surface area contributed by atoms with Crippen LogP contribution in [0.1, 0.15) is 30.9 Å². The number of hydrogen-bond acceptors (Lipinski definition) is 6. The van der Waals surface area contributed by atoms with Crippen LogP contribution in [0.15, 0.2) is 24.5 Å². The Morgan fingerprint density at radius 3 is 2.74 bits per heavy atom. The fourth-order valence-electron chi connectivity index (χ4n) is 4.22. The molecule has 2 aliphatic rings. The van der Waals surface area contributed by atoms with Crippen LogP contribution in [0.4, 0.5) is 5.69 Å². The molecule has 1 aromatic carbocycles. The zero-order valence-corrected chi connectivity index (χ0v) is 16.5. The molecule has 0 atom stereocenters. The summed E-state index contributed by atoms with van der Waals surface area (Å²) in [6, 6.07) is 6.57. The number of piperazine rings is 1. The molecule has 2 fully saturated rings. The largest absolute Gasteiger partial charge is 0.385 e. The average Bonchev–Trinajstić information content (AvgIpc) is 2.72. The van der Waals surface area contributed by atoms with Gasteiger partial charge in [0.05, 0.1) is 11.2 Å². The Morgan fingerprint density at radius 2 is 1.93 bits per heavy atom. The average molecular weight is 369 g/mol. The summed E-state index contributed by atoms with van der Waals surface area (Å²) in [7, 11) is 2.21. The Balaban J connectivity index is 1.33. The molecule has 27 heavy (non-hydrogen) atoms. The van der Waals surface area contributed by atoms with Crippen molar-refractivity contribution in [3.05, 3.63) is 30.2 Å². The highest BCUT2D eigenvalue weighted by Crippen LogP contribution is 2.29. The number of anilines is 1. The van der Waals surface area contributed by atoms with Gasteiger partial charge in [-0.1, -0.05) is 0 Å². The third kappa shape index (κ3) is 4.75. The van der Waals surface area contributed by atoms with Crippen molar-refractivity contribution < 1.29 is 0 Å². The van der Waals surface area contributed by atoms with E-state index < -0.39 is 0 Å². The minimum Gasteiger partial charge on any atom is -0.385 e. The van der Waals surface area contributed by atoms with Crippen LogP contribution < -0.4 is 10.6 Å². The van der Waals surface area contributed by atoms with Gasteiger partial charge in [0.2, 0.25) is 0 Å². The second-order valence-electron chi connectivity index (χ2n) is 7.94. The topological polar surface area (TPSA) is 56.3 Å². The van der Waals surface area contributed by atoms with Crippen LogP contribution in [0, 0.1) is 0 Å². The number of piperidine rings is 1. The summed E-state index contributed by atoms with van der Waals surface area (Å²) in [6.07, 6.45) is 5.24. The first-order valence-corrected chi connectivity index (χ1v) is 10.4. The molecule has 0 bridgehead atoms. The van der Waals surface area contributed by atoms with Crippen LogP contribution in [-0.2, 0) is 0 Å². The lowest BCUT2D eigenvalue weighted by Gasteiger charge is -2.32. The van der Waals surface area contributed by atoms with E-state index in [1.54, 1.807) is 6.33 Å². The highest BCUT2D eigenvalue weighted by molar-refractivity contribution is 5.84. The molecule has 146 valence electrons. The highest BCUT2D eigenvalue weighted by atomic mass is 15.2. The van der Waals surface area contributed by atoms with Crippen LogP contribution in [0.25, 0.3) is 10.9 Å². The number of hydrogen-bond donors (Lipinski definition) is 2. The minimum absolute atomic E-state index is 0.555. The van der Waals surface area contributed by atoms with E-state index in [1.807, 2.05) is 0 Å². The van der Waals surface area contributed by atoms with Crippen molar-refractivity contribution in [2.45, 2.75) is 25.2 Å². The molecule has 0 aliphatic carbocycles. The van der Waals surface area contributed by atoms with E-state index in [2.05, 4.69) is 55.6 Å². The maximum atomic E-state index is 4.62. The van der Waals surface area contributed by atoms with Crippen molar-refractivity contribution in [1.29, 1.82) is 0 Å². The molecule has 0 radical (unpaired) electrons. The van der Waals surface area contributed by atoms with Gasteiger partial charge in [-0.3, -0.25) is 0 Å². The molecule has 0 saturated carbocycles. The molecule has 2 saturated heterocycles. The summed E-state index contributed by atoms with van der Waals surface area (Å²) in [5, 5.41) is 8.23. The lowest BCUT2D eigenvalue weighted by Crippen LogP contribution is -2.44. The number of aromatic nitrogens is 2. The minimum atomic E-state index is 0.555. The SMILES string of the molecule is CN1CCN(CCCNc2ccc3c(C4CCNCC4)ncnc3c2)CC1. The van der Waals surface area contributed by atoms with Crippen molar-refractivity contribution in [3.8, 4) is 0 Å². The normalized spacial score (nSPS) is 20.2. The van der Waals surface area contributed by atoms with Crippen LogP contribution in [0.5, 0.6) is 0 Å². The fraction of sp³-hybridized carbons (Fsp3) is 0.619. The van der Waals surface area contributed by atoms with Crippen LogP contribution in [-0.4, -0.2) is 79.2 Å². The van der Waals surface area contributed by atoms with E-state index >= 15 is 0 Å². The third-order valence-electron chi connectivity index (χ3n) is 5.97. The van der Waals surface area contributed by atoms with Gasteiger partial charge in [0.15, 0.2) is 0 Å². The predicted octanol–water partition coefficient (Wildman–Crippen LogP) is 2.15. The van der Waals surface area contributed by atoms with Gasteiger partial charge >= 0.3 is 0 Å². The van der Waals surface area contributed by atoms with Crippen LogP contribution >= 0.6 is 0 Å². The first kappa shape index (κ1) is 18.6. The lowest BCUT2D eigenvalue weighted by atomic mass is 9.92. The van der Waals surface area contributed by atoms with Gasteiger partial charge in [0, 0.05) is 49.7 Å². The standard InChI is InChI=1S/C21H32N6/c1-26-11-13-27(14-12-26)10-2-7-23-18-3-4-19-20(15-18)24-16-25-21(19)17-5-8-22-9-6-17/h3-4,15-17,22-23H,2,5-14H2,1H3. The Bertz CT molecular complexity index is 735. The Labute approximate surface area is 162 Å². The molecule has 1 aromatic heterocycles. The summed E-state index contributed by atoms with van der Waals surface area (Å²) < 4.78 is 0. The van der Waals surface area contributed by atoms with E-state index in [4.69, 9.17) is 0 Å². The molecule has 6 heteroatoms. The summed E-state index contributed by atoms with van der Waals surface area (Å²) >= 11 is 0. The second-order valence-corrected chi connectivity index (χ2v) is 7.94. The lowest BCUT2D eigenvalue weighted by molar-refractivity contribution is 0.154. The Hall–Kier alpha value is -1.76. The van der Waals surface area contributed by atoms with E-state index in [0.717, 1.165) is 30.8 Å². The zero-order chi connectivity index (χ0) is 18.5. The van der Waals surface area contributed by atoms with Crippen LogP contribution in [0.3, 0.4) is 0 Å². The van der Waals surface area contributed by atoms with Gasteiger partial charge in [0.25, 0.3) is 0 Å². The highest BCUT2D eigenvalue weighted by Gasteiger charge is 2.19. The first-order chi connectivity index (χ1) is 13.3. The van der Waals surface area contributed by atoms with Gasteiger partial charge in [-0.05, 0) is 64.1 Å². The van der Waals surface area contributed by atoms with Crippen molar-refractivity contribution in [3.63, 3.8) is 0 Å². The molecular formula is C21H32N6. The molecule has 0 unspecified atom stereocenters. The number of fused-ring (bicyclic) bond motifs is 1. The number of likely N-dealkylation sites (N-methyl/N-ethyl adjacent to an activating group) is 1. The Morgan fingerprint density at radius 1 is 1.11 bits per heavy atom.